The lowest BCUT2D eigenvalue weighted by Crippen LogP contribution is -2.46. The predicted molar refractivity (Wildman–Crippen MR) is 76.0 cm³/mol. The molecule has 2 rings (SSSR count). The number of carbonyl (C=O) groups is 1. The van der Waals surface area contributed by atoms with Crippen molar-refractivity contribution in [1.82, 2.24) is 5.32 Å². The lowest BCUT2D eigenvalue weighted by molar-refractivity contribution is -0.123. The van der Waals surface area contributed by atoms with E-state index in [-0.39, 0.29) is 11.4 Å². The fourth-order valence-electron chi connectivity index (χ4n) is 2.65. The normalized spacial score (nSPS) is 22.1. The Morgan fingerprint density at radius 3 is 2.68 bits per heavy atom. The lowest BCUT2D eigenvalue weighted by Gasteiger charge is -2.25. The summed E-state index contributed by atoms with van der Waals surface area (Å²) >= 11 is 0. The standard InChI is InChI=1S/C16H23NO2/c1-16(2,11-19-3)17-15(18)10-13-9-14(13)12-7-5-4-6-8-12/h4-8,13-14H,9-11H2,1-3H3,(H,17,18)/t13-,14-/m0/s1. The van der Waals surface area contributed by atoms with Crippen molar-refractivity contribution in [3.05, 3.63) is 35.9 Å². The Kier molecular flexibility index (Phi) is 4.25. The van der Waals surface area contributed by atoms with Gasteiger partial charge in [-0.2, -0.15) is 0 Å². The van der Waals surface area contributed by atoms with E-state index in [0.717, 1.165) is 6.42 Å². The quantitative estimate of drug-likeness (QED) is 0.855. The van der Waals surface area contributed by atoms with Crippen LogP contribution in [0.2, 0.25) is 0 Å². The molecule has 0 radical (unpaired) electrons. The van der Waals surface area contributed by atoms with Gasteiger partial charge >= 0.3 is 0 Å². The van der Waals surface area contributed by atoms with Crippen LogP contribution in [0.1, 0.15) is 38.2 Å². The maximum Gasteiger partial charge on any atom is 0.220 e. The van der Waals surface area contributed by atoms with Gasteiger partial charge in [0.1, 0.15) is 0 Å². The molecule has 1 saturated carbocycles. The molecular formula is C16H23NO2. The molecule has 1 aliphatic rings. The highest BCUT2D eigenvalue weighted by atomic mass is 16.5. The zero-order chi connectivity index (χ0) is 13.9. The highest BCUT2D eigenvalue weighted by Crippen LogP contribution is 2.49. The number of carbonyl (C=O) groups excluding carboxylic acids is 1. The predicted octanol–water partition coefficient (Wildman–Crippen LogP) is 2.72. The number of ether oxygens (including phenoxy) is 1. The zero-order valence-electron chi connectivity index (χ0n) is 12.0. The van der Waals surface area contributed by atoms with Crippen LogP contribution in [0, 0.1) is 5.92 Å². The number of hydrogen-bond donors (Lipinski definition) is 1. The maximum atomic E-state index is 12.0. The summed E-state index contributed by atoms with van der Waals surface area (Å²) in [4.78, 5) is 12.0. The van der Waals surface area contributed by atoms with Crippen molar-refractivity contribution >= 4 is 5.91 Å². The van der Waals surface area contributed by atoms with Gasteiger partial charge in [0.05, 0.1) is 12.1 Å². The van der Waals surface area contributed by atoms with Crippen LogP contribution < -0.4 is 5.32 Å². The second kappa shape index (κ2) is 5.74. The van der Waals surface area contributed by atoms with Gasteiger partial charge in [0.25, 0.3) is 0 Å². The fourth-order valence-corrected chi connectivity index (χ4v) is 2.65. The summed E-state index contributed by atoms with van der Waals surface area (Å²) in [7, 11) is 1.65. The smallest absolute Gasteiger partial charge is 0.220 e. The molecule has 0 spiro atoms. The van der Waals surface area contributed by atoms with Gasteiger partial charge in [-0.05, 0) is 37.7 Å². The first-order valence-electron chi connectivity index (χ1n) is 6.87. The Bertz CT molecular complexity index is 428. The summed E-state index contributed by atoms with van der Waals surface area (Å²) in [6.07, 6.45) is 1.74. The molecule has 1 aromatic carbocycles. The molecule has 19 heavy (non-hydrogen) atoms. The second-order valence-electron chi connectivity index (χ2n) is 6.08. The highest BCUT2D eigenvalue weighted by molar-refractivity contribution is 5.77. The molecule has 0 heterocycles. The van der Waals surface area contributed by atoms with Crippen LogP contribution in [0.15, 0.2) is 30.3 Å². The van der Waals surface area contributed by atoms with Crippen LogP contribution in [0.3, 0.4) is 0 Å². The van der Waals surface area contributed by atoms with Gasteiger partial charge in [0.2, 0.25) is 5.91 Å². The molecule has 0 aromatic heterocycles. The Labute approximate surface area is 115 Å². The molecule has 0 saturated heterocycles. The van der Waals surface area contributed by atoms with Crippen molar-refractivity contribution in [2.24, 2.45) is 5.92 Å². The van der Waals surface area contributed by atoms with Crippen molar-refractivity contribution in [2.45, 2.75) is 38.1 Å². The van der Waals surface area contributed by atoms with E-state index in [1.54, 1.807) is 7.11 Å². The van der Waals surface area contributed by atoms with Crippen LogP contribution in [0.5, 0.6) is 0 Å². The van der Waals surface area contributed by atoms with Gasteiger partial charge in [-0.3, -0.25) is 4.79 Å². The molecule has 1 aromatic rings. The monoisotopic (exact) mass is 261 g/mol. The number of amides is 1. The highest BCUT2D eigenvalue weighted by Gasteiger charge is 2.39. The first-order valence-corrected chi connectivity index (χ1v) is 6.87. The SMILES string of the molecule is COCC(C)(C)NC(=O)C[C@@H]1C[C@H]1c1ccccc1. The topological polar surface area (TPSA) is 38.3 Å². The molecule has 1 fully saturated rings. The maximum absolute atomic E-state index is 12.0. The average molecular weight is 261 g/mol. The number of hydrogen-bond acceptors (Lipinski definition) is 2. The van der Waals surface area contributed by atoms with E-state index in [2.05, 4.69) is 29.6 Å². The van der Waals surface area contributed by atoms with Crippen LogP contribution in [-0.4, -0.2) is 25.2 Å². The zero-order valence-corrected chi connectivity index (χ0v) is 12.0. The van der Waals surface area contributed by atoms with E-state index >= 15 is 0 Å². The summed E-state index contributed by atoms with van der Waals surface area (Å²) in [5, 5.41) is 3.04. The Morgan fingerprint density at radius 1 is 1.37 bits per heavy atom. The van der Waals surface area contributed by atoms with E-state index in [1.165, 1.54) is 5.56 Å². The van der Waals surface area contributed by atoms with Gasteiger partial charge in [-0.25, -0.2) is 0 Å². The van der Waals surface area contributed by atoms with Gasteiger partial charge in [0.15, 0.2) is 0 Å². The summed E-state index contributed by atoms with van der Waals surface area (Å²) < 4.78 is 5.10. The van der Waals surface area contributed by atoms with Crippen molar-refractivity contribution in [3.8, 4) is 0 Å². The summed E-state index contributed by atoms with van der Waals surface area (Å²) in [6, 6.07) is 10.5. The number of nitrogens with one attached hydrogen (secondary N) is 1. The first kappa shape index (κ1) is 14.1. The summed E-state index contributed by atoms with van der Waals surface area (Å²) in [5.41, 5.74) is 1.07. The van der Waals surface area contributed by atoms with Gasteiger partial charge in [0, 0.05) is 13.5 Å². The number of methoxy groups -OCH3 is 1. The molecule has 0 aliphatic heterocycles. The third-order valence-electron chi connectivity index (χ3n) is 3.58. The number of benzene rings is 1. The third-order valence-corrected chi connectivity index (χ3v) is 3.58. The Morgan fingerprint density at radius 2 is 2.05 bits per heavy atom. The van der Waals surface area contributed by atoms with Crippen LogP contribution in [0.4, 0.5) is 0 Å². The molecule has 1 amide bonds. The molecule has 104 valence electrons. The molecule has 0 bridgehead atoms. The van der Waals surface area contributed by atoms with Gasteiger partial charge < -0.3 is 10.1 Å². The second-order valence-corrected chi connectivity index (χ2v) is 6.08. The van der Waals surface area contributed by atoms with E-state index in [0.29, 0.717) is 24.9 Å². The summed E-state index contributed by atoms with van der Waals surface area (Å²) in [5.74, 6) is 1.20. The van der Waals surface area contributed by atoms with Crippen molar-refractivity contribution in [1.29, 1.82) is 0 Å². The van der Waals surface area contributed by atoms with E-state index < -0.39 is 0 Å². The van der Waals surface area contributed by atoms with Gasteiger partial charge in [-0.1, -0.05) is 30.3 Å². The Balaban J connectivity index is 1.79. The molecule has 1 N–H and O–H groups in total. The van der Waals surface area contributed by atoms with Crippen LogP contribution >= 0.6 is 0 Å². The lowest BCUT2D eigenvalue weighted by atomic mass is 10.1. The number of rotatable bonds is 6. The van der Waals surface area contributed by atoms with Crippen LogP contribution in [0.25, 0.3) is 0 Å². The first-order chi connectivity index (χ1) is 9.02. The van der Waals surface area contributed by atoms with Crippen molar-refractivity contribution < 1.29 is 9.53 Å². The van der Waals surface area contributed by atoms with Gasteiger partial charge in [-0.15, -0.1) is 0 Å². The molecule has 0 unspecified atom stereocenters. The van der Waals surface area contributed by atoms with E-state index in [9.17, 15) is 4.79 Å². The minimum Gasteiger partial charge on any atom is -0.382 e. The third kappa shape index (κ3) is 4.06. The molecule has 2 atom stereocenters. The molecule has 1 aliphatic carbocycles. The summed E-state index contributed by atoms with van der Waals surface area (Å²) in [6.45, 7) is 4.50. The van der Waals surface area contributed by atoms with E-state index in [4.69, 9.17) is 4.74 Å². The largest absolute Gasteiger partial charge is 0.382 e. The molecule has 3 heteroatoms. The Hall–Kier alpha value is -1.35. The minimum atomic E-state index is -0.289. The molecular weight excluding hydrogens is 238 g/mol. The minimum absolute atomic E-state index is 0.130. The van der Waals surface area contributed by atoms with Crippen LogP contribution in [-0.2, 0) is 9.53 Å². The molecule has 3 nitrogen and oxygen atoms in total. The van der Waals surface area contributed by atoms with Crippen molar-refractivity contribution in [2.75, 3.05) is 13.7 Å². The van der Waals surface area contributed by atoms with E-state index in [1.807, 2.05) is 19.9 Å². The average Bonchev–Trinajstić information content (AvgIpc) is 3.08. The van der Waals surface area contributed by atoms with Crippen molar-refractivity contribution in [3.63, 3.8) is 0 Å². The fraction of sp³-hybridized carbons (Fsp3) is 0.562.